The second-order valence-corrected chi connectivity index (χ2v) is 7.77. The molecule has 132 valence electrons. The largest absolute Gasteiger partial charge is 0.295 e. The van der Waals surface area contributed by atoms with Crippen LogP contribution in [-0.4, -0.2) is 41.8 Å². The minimum absolute atomic E-state index is 0.982. The maximum atomic E-state index is 4.82. The molecule has 0 bridgehead atoms. The van der Waals surface area contributed by atoms with E-state index in [1.165, 1.54) is 22.3 Å². The zero-order valence-corrected chi connectivity index (χ0v) is 16.9. The van der Waals surface area contributed by atoms with Gasteiger partial charge in [0.05, 0.1) is 5.71 Å². The van der Waals surface area contributed by atoms with Crippen LogP contribution in [0.1, 0.15) is 29.2 Å². The van der Waals surface area contributed by atoms with E-state index in [0.29, 0.717) is 0 Å². The first-order valence-corrected chi connectivity index (χ1v) is 9.65. The van der Waals surface area contributed by atoms with Gasteiger partial charge < -0.3 is 0 Å². The molecule has 0 saturated carbocycles. The van der Waals surface area contributed by atoms with Crippen molar-refractivity contribution in [3.8, 4) is 0 Å². The lowest BCUT2D eigenvalue weighted by molar-refractivity contribution is 0.130. The van der Waals surface area contributed by atoms with Gasteiger partial charge in [-0.3, -0.25) is 9.91 Å². The molecule has 4 heteroatoms. The van der Waals surface area contributed by atoms with E-state index in [9.17, 15) is 0 Å². The topological polar surface area (TPSA) is 18.8 Å². The van der Waals surface area contributed by atoms with Crippen molar-refractivity contribution in [2.24, 2.45) is 5.10 Å². The molecule has 1 fully saturated rings. The fourth-order valence-electron chi connectivity index (χ4n) is 3.24. The van der Waals surface area contributed by atoms with Gasteiger partial charge in [0.15, 0.2) is 0 Å². The SMILES string of the molecule is CC(=NN1CCN(Cc2ccc(C)cc2C)CC1)c1cccc(Br)c1. The van der Waals surface area contributed by atoms with Crippen molar-refractivity contribution in [1.29, 1.82) is 0 Å². The number of aryl methyl sites for hydroxylation is 2. The van der Waals surface area contributed by atoms with E-state index in [-0.39, 0.29) is 0 Å². The molecule has 1 aliphatic heterocycles. The van der Waals surface area contributed by atoms with Crippen LogP contribution in [-0.2, 0) is 6.54 Å². The van der Waals surface area contributed by atoms with Crippen molar-refractivity contribution < 1.29 is 0 Å². The molecule has 0 radical (unpaired) electrons. The molecule has 0 unspecified atom stereocenters. The third-order valence-electron chi connectivity index (χ3n) is 4.77. The molecule has 2 aromatic rings. The smallest absolute Gasteiger partial charge is 0.0647 e. The van der Waals surface area contributed by atoms with Crippen molar-refractivity contribution in [3.05, 3.63) is 69.2 Å². The summed E-state index contributed by atoms with van der Waals surface area (Å²) in [5.41, 5.74) is 6.42. The molecule has 25 heavy (non-hydrogen) atoms. The molecular formula is C21H26BrN3. The average molecular weight is 400 g/mol. The predicted molar refractivity (Wildman–Crippen MR) is 109 cm³/mol. The minimum atomic E-state index is 0.982. The summed E-state index contributed by atoms with van der Waals surface area (Å²) in [6.45, 7) is 11.6. The Balaban J connectivity index is 1.57. The molecule has 3 rings (SSSR count). The Hall–Kier alpha value is -1.65. The van der Waals surface area contributed by atoms with Crippen LogP contribution in [0.15, 0.2) is 52.0 Å². The Bertz CT molecular complexity index is 761. The zero-order chi connectivity index (χ0) is 17.8. The number of nitrogens with zero attached hydrogens (tertiary/aromatic N) is 3. The molecule has 0 N–H and O–H groups in total. The van der Waals surface area contributed by atoms with Gasteiger partial charge in [-0.1, -0.05) is 51.8 Å². The van der Waals surface area contributed by atoms with E-state index >= 15 is 0 Å². The van der Waals surface area contributed by atoms with Crippen LogP contribution in [0.3, 0.4) is 0 Å². The maximum Gasteiger partial charge on any atom is 0.0647 e. The lowest BCUT2D eigenvalue weighted by Crippen LogP contribution is -2.43. The van der Waals surface area contributed by atoms with E-state index < -0.39 is 0 Å². The van der Waals surface area contributed by atoms with Gasteiger partial charge in [-0.25, -0.2) is 0 Å². The highest BCUT2D eigenvalue weighted by Gasteiger charge is 2.16. The molecule has 1 aliphatic rings. The van der Waals surface area contributed by atoms with Crippen molar-refractivity contribution in [1.82, 2.24) is 9.91 Å². The molecule has 1 heterocycles. The van der Waals surface area contributed by atoms with Crippen LogP contribution < -0.4 is 0 Å². The van der Waals surface area contributed by atoms with E-state index in [4.69, 9.17) is 5.10 Å². The lowest BCUT2D eigenvalue weighted by atomic mass is 10.1. The summed E-state index contributed by atoms with van der Waals surface area (Å²) in [7, 11) is 0. The van der Waals surface area contributed by atoms with Crippen LogP contribution in [0.2, 0.25) is 0 Å². The number of hydrogen-bond acceptors (Lipinski definition) is 3. The standard InChI is InChI=1S/C21H26BrN3/c1-16-7-8-20(17(2)13-16)15-24-9-11-25(12-10-24)23-18(3)19-5-4-6-21(22)14-19/h4-8,13-14H,9-12,15H2,1-3H3. The highest BCUT2D eigenvalue weighted by Crippen LogP contribution is 2.16. The normalized spacial score (nSPS) is 16.3. The van der Waals surface area contributed by atoms with Gasteiger partial charge in [-0.15, -0.1) is 0 Å². The Morgan fingerprint density at radius 3 is 2.48 bits per heavy atom. The molecule has 0 spiro atoms. The molecule has 1 saturated heterocycles. The fourth-order valence-corrected chi connectivity index (χ4v) is 3.64. The highest BCUT2D eigenvalue weighted by atomic mass is 79.9. The first kappa shape index (κ1) is 18.2. The average Bonchev–Trinajstić information content (AvgIpc) is 2.59. The van der Waals surface area contributed by atoms with Crippen molar-refractivity contribution >= 4 is 21.6 Å². The zero-order valence-electron chi connectivity index (χ0n) is 15.3. The van der Waals surface area contributed by atoms with Gasteiger partial charge in [0.2, 0.25) is 0 Å². The highest BCUT2D eigenvalue weighted by molar-refractivity contribution is 9.10. The molecular weight excluding hydrogens is 374 g/mol. The van der Waals surface area contributed by atoms with Gasteiger partial charge in [0.1, 0.15) is 0 Å². The second kappa shape index (κ2) is 8.15. The summed E-state index contributed by atoms with van der Waals surface area (Å²) >= 11 is 3.53. The van der Waals surface area contributed by atoms with Crippen molar-refractivity contribution in [2.45, 2.75) is 27.3 Å². The van der Waals surface area contributed by atoms with E-state index in [0.717, 1.165) is 42.9 Å². The van der Waals surface area contributed by atoms with Gasteiger partial charge in [0, 0.05) is 37.2 Å². The van der Waals surface area contributed by atoms with Crippen LogP contribution >= 0.6 is 15.9 Å². The quantitative estimate of drug-likeness (QED) is 0.699. The van der Waals surface area contributed by atoms with Gasteiger partial charge in [-0.2, -0.15) is 5.10 Å². The molecule has 0 aliphatic carbocycles. The first-order valence-electron chi connectivity index (χ1n) is 8.86. The van der Waals surface area contributed by atoms with E-state index in [1.807, 2.05) is 6.07 Å². The minimum Gasteiger partial charge on any atom is -0.295 e. The summed E-state index contributed by atoms with van der Waals surface area (Å²) < 4.78 is 1.10. The molecule has 0 aromatic heterocycles. The third kappa shape index (κ3) is 4.93. The summed E-state index contributed by atoms with van der Waals surface area (Å²) in [5, 5.41) is 7.02. The van der Waals surface area contributed by atoms with Crippen LogP contribution in [0.5, 0.6) is 0 Å². The van der Waals surface area contributed by atoms with Gasteiger partial charge in [-0.05, 0) is 49.6 Å². The third-order valence-corrected chi connectivity index (χ3v) is 5.27. The Morgan fingerprint density at radius 1 is 1.04 bits per heavy atom. The van der Waals surface area contributed by atoms with Crippen LogP contribution in [0, 0.1) is 13.8 Å². The molecule has 2 aromatic carbocycles. The van der Waals surface area contributed by atoms with Gasteiger partial charge >= 0.3 is 0 Å². The maximum absolute atomic E-state index is 4.82. The first-order chi connectivity index (χ1) is 12.0. The van der Waals surface area contributed by atoms with Gasteiger partial charge in [0.25, 0.3) is 0 Å². The molecule has 3 nitrogen and oxygen atoms in total. The van der Waals surface area contributed by atoms with Crippen molar-refractivity contribution in [3.63, 3.8) is 0 Å². The summed E-state index contributed by atoms with van der Waals surface area (Å²) in [5.74, 6) is 0. The summed E-state index contributed by atoms with van der Waals surface area (Å²) in [4.78, 5) is 2.53. The summed E-state index contributed by atoms with van der Waals surface area (Å²) in [6, 6.07) is 15.1. The number of piperazine rings is 1. The number of benzene rings is 2. The Labute approximate surface area is 159 Å². The van der Waals surface area contributed by atoms with Crippen LogP contribution in [0.25, 0.3) is 0 Å². The molecule has 0 amide bonds. The number of rotatable bonds is 4. The van der Waals surface area contributed by atoms with Crippen molar-refractivity contribution in [2.75, 3.05) is 26.2 Å². The second-order valence-electron chi connectivity index (χ2n) is 6.86. The fraction of sp³-hybridized carbons (Fsp3) is 0.381. The monoisotopic (exact) mass is 399 g/mol. The Morgan fingerprint density at radius 2 is 1.80 bits per heavy atom. The van der Waals surface area contributed by atoms with E-state index in [2.05, 4.69) is 83.0 Å². The summed E-state index contributed by atoms with van der Waals surface area (Å²) in [6.07, 6.45) is 0. The number of halogens is 1. The number of hydrazone groups is 1. The van der Waals surface area contributed by atoms with Crippen LogP contribution in [0.4, 0.5) is 0 Å². The Kier molecular flexibility index (Phi) is 5.92. The lowest BCUT2D eigenvalue weighted by Gasteiger charge is -2.33. The van der Waals surface area contributed by atoms with E-state index in [1.54, 1.807) is 0 Å². The predicted octanol–water partition coefficient (Wildman–Crippen LogP) is 4.61. The number of hydrogen-bond donors (Lipinski definition) is 0. The molecule has 0 atom stereocenters.